The fraction of sp³-hybridized carbons (Fsp3) is 0.900. The number of hydrogen-bond acceptors (Lipinski definition) is 2. The smallest absolute Gasteiger partial charge is 0.236 e. The first-order valence-corrected chi connectivity index (χ1v) is 4.83. The monoisotopic (exact) mass is 184 g/mol. The lowest BCUT2D eigenvalue weighted by Crippen LogP contribution is -2.36. The summed E-state index contributed by atoms with van der Waals surface area (Å²) in [5.41, 5.74) is 0.395. The van der Waals surface area contributed by atoms with E-state index in [9.17, 15) is 4.79 Å². The molecule has 0 atom stereocenters. The Balaban J connectivity index is 2.37. The standard InChI is InChI=1S/C10H20N2O/c1-10(2)5-6-12(8-10)7-9(13)11(3)4/h5-8H2,1-4H3. The van der Waals surface area contributed by atoms with E-state index in [4.69, 9.17) is 0 Å². The lowest BCUT2D eigenvalue weighted by molar-refractivity contribution is -0.129. The van der Waals surface area contributed by atoms with E-state index in [-0.39, 0.29) is 5.91 Å². The van der Waals surface area contributed by atoms with Gasteiger partial charge in [-0.25, -0.2) is 0 Å². The lowest BCUT2D eigenvalue weighted by Gasteiger charge is -2.20. The van der Waals surface area contributed by atoms with Gasteiger partial charge in [0.25, 0.3) is 0 Å². The van der Waals surface area contributed by atoms with Crippen LogP contribution in [0.1, 0.15) is 20.3 Å². The van der Waals surface area contributed by atoms with Crippen molar-refractivity contribution in [2.45, 2.75) is 20.3 Å². The minimum Gasteiger partial charge on any atom is -0.348 e. The van der Waals surface area contributed by atoms with E-state index in [1.807, 2.05) is 14.1 Å². The summed E-state index contributed by atoms with van der Waals surface area (Å²) in [6, 6.07) is 0. The van der Waals surface area contributed by atoms with Gasteiger partial charge in [-0.05, 0) is 18.4 Å². The SMILES string of the molecule is CN(C)C(=O)CN1CCC(C)(C)C1. The molecular weight excluding hydrogens is 164 g/mol. The maximum atomic E-state index is 11.4. The van der Waals surface area contributed by atoms with Crippen molar-refractivity contribution in [2.24, 2.45) is 5.41 Å². The summed E-state index contributed by atoms with van der Waals surface area (Å²) >= 11 is 0. The highest BCUT2D eigenvalue weighted by atomic mass is 16.2. The highest BCUT2D eigenvalue weighted by Gasteiger charge is 2.30. The molecule has 0 aromatic heterocycles. The Bertz CT molecular complexity index is 199. The van der Waals surface area contributed by atoms with E-state index < -0.39 is 0 Å². The molecule has 0 unspecified atom stereocenters. The number of likely N-dealkylation sites (N-methyl/N-ethyl adjacent to an activating group) is 1. The van der Waals surface area contributed by atoms with Gasteiger partial charge in [0.05, 0.1) is 6.54 Å². The molecule has 0 aromatic rings. The van der Waals surface area contributed by atoms with Crippen LogP contribution in [0.15, 0.2) is 0 Å². The summed E-state index contributed by atoms with van der Waals surface area (Å²) in [5, 5.41) is 0. The Kier molecular flexibility index (Phi) is 2.96. The second kappa shape index (κ2) is 3.66. The summed E-state index contributed by atoms with van der Waals surface area (Å²) in [7, 11) is 3.62. The number of hydrogen-bond donors (Lipinski definition) is 0. The van der Waals surface area contributed by atoms with Crippen LogP contribution in [0.4, 0.5) is 0 Å². The van der Waals surface area contributed by atoms with E-state index in [2.05, 4.69) is 18.7 Å². The third kappa shape index (κ3) is 2.99. The first kappa shape index (κ1) is 10.5. The number of likely N-dealkylation sites (tertiary alicyclic amines) is 1. The topological polar surface area (TPSA) is 23.6 Å². The molecule has 3 nitrogen and oxygen atoms in total. The Morgan fingerprint density at radius 3 is 2.46 bits per heavy atom. The molecule has 1 aliphatic heterocycles. The fourth-order valence-electron chi connectivity index (χ4n) is 1.69. The molecule has 1 aliphatic rings. The molecular formula is C10H20N2O. The Hall–Kier alpha value is -0.570. The van der Waals surface area contributed by atoms with Crippen molar-refractivity contribution in [3.63, 3.8) is 0 Å². The van der Waals surface area contributed by atoms with Crippen molar-refractivity contribution >= 4 is 5.91 Å². The first-order chi connectivity index (χ1) is 5.91. The zero-order valence-corrected chi connectivity index (χ0v) is 9.13. The van der Waals surface area contributed by atoms with Gasteiger partial charge >= 0.3 is 0 Å². The van der Waals surface area contributed by atoms with E-state index in [0.717, 1.165) is 13.1 Å². The quantitative estimate of drug-likeness (QED) is 0.634. The molecule has 3 heteroatoms. The Morgan fingerprint density at radius 2 is 2.08 bits per heavy atom. The van der Waals surface area contributed by atoms with E-state index in [1.54, 1.807) is 4.90 Å². The van der Waals surface area contributed by atoms with Crippen molar-refractivity contribution < 1.29 is 4.79 Å². The number of rotatable bonds is 2. The third-order valence-electron chi connectivity index (χ3n) is 2.61. The van der Waals surface area contributed by atoms with Crippen molar-refractivity contribution in [2.75, 3.05) is 33.7 Å². The Morgan fingerprint density at radius 1 is 1.46 bits per heavy atom. The second-order valence-electron chi connectivity index (χ2n) is 4.91. The molecule has 0 aromatic carbocycles. The largest absolute Gasteiger partial charge is 0.348 e. The number of carbonyl (C=O) groups is 1. The molecule has 0 spiro atoms. The molecule has 76 valence electrons. The zero-order chi connectivity index (χ0) is 10.1. The molecule has 0 saturated carbocycles. The van der Waals surface area contributed by atoms with Crippen LogP contribution >= 0.6 is 0 Å². The second-order valence-corrected chi connectivity index (χ2v) is 4.91. The van der Waals surface area contributed by atoms with Crippen LogP contribution < -0.4 is 0 Å². The van der Waals surface area contributed by atoms with Gasteiger partial charge in [0, 0.05) is 20.6 Å². The van der Waals surface area contributed by atoms with Gasteiger partial charge in [-0.2, -0.15) is 0 Å². The van der Waals surface area contributed by atoms with Gasteiger partial charge in [0.2, 0.25) is 5.91 Å². The highest BCUT2D eigenvalue weighted by molar-refractivity contribution is 5.77. The van der Waals surface area contributed by atoms with Gasteiger partial charge < -0.3 is 4.90 Å². The summed E-state index contributed by atoms with van der Waals surface area (Å²) in [6.45, 7) is 7.20. The number of amides is 1. The van der Waals surface area contributed by atoms with Crippen LogP contribution in [0.3, 0.4) is 0 Å². The van der Waals surface area contributed by atoms with Gasteiger partial charge in [0.15, 0.2) is 0 Å². The molecule has 0 N–H and O–H groups in total. The summed E-state index contributed by atoms with van der Waals surface area (Å²) in [5.74, 6) is 0.206. The molecule has 0 radical (unpaired) electrons. The maximum Gasteiger partial charge on any atom is 0.236 e. The lowest BCUT2D eigenvalue weighted by atomic mass is 9.93. The molecule has 13 heavy (non-hydrogen) atoms. The van der Waals surface area contributed by atoms with E-state index in [0.29, 0.717) is 12.0 Å². The number of nitrogens with zero attached hydrogens (tertiary/aromatic N) is 2. The summed E-state index contributed by atoms with van der Waals surface area (Å²) < 4.78 is 0. The van der Waals surface area contributed by atoms with E-state index in [1.165, 1.54) is 6.42 Å². The highest BCUT2D eigenvalue weighted by Crippen LogP contribution is 2.28. The molecule has 1 heterocycles. The zero-order valence-electron chi connectivity index (χ0n) is 9.13. The molecule has 0 bridgehead atoms. The van der Waals surface area contributed by atoms with Crippen LogP contribution in [0.2, 0.25) is 0 Å². The predicted octanol–water partition coefficient (Wildman–Crippen LogP) is 0.806. The van der Waals surface area contributed by atoms with Crippen LogP contribution in [0.5, 0.6) is 0 Å². The summed E-state index contributed by atoms with van der Waals surface area (Å²) in [6.07, 6.45) is 1.20. The Labute approximate surface area is 80.7 Å². The van der Waals surface area contributed by atoms with Crippen LogP contribution in [-0.2, 0) is 4.79 Å². The molecule has 0 aliphatic carbocycles. The third-order valence-corrected chi connectivity index (χ3v) is 2.61. The van der Waals surface area contributed by atoms with Crippen LogP contribution in [-0.4, -0.2) is 49.4 Å². The molecule has 1 fully saturated rings. The fourth-order valence-corrected chi connectivity index (χ4v) is 1.69. The molecule has 1 rings (SSSR count). The van der Waals surface area contributed by atoms with Crippen molar-refractivity contribution in [1.82, 2.24) is 9.80 Å². The van der Waals surface area contributed by atoms with Gasteiger partial charge in [-0.15, -0.1) is 0 Å². The minimum atomic E-state index is 0.206. The van der Waals surface area contributed by atoms with Crippen LogP contribution in [0.25, 0.3) is 0 Å². The van der Waals surface area contributed by atoms with Gasteiger partial charge in [0.1, 0.15) is 0 Å². The number of carbonyl (C=O) groups excluding carboxylic acids is 1. The summed E-state index contributed by atoms with van der Waals surface area (Å²) in [4.78, 5) is 15.3. The minimum absolute atomic E-state index is 0.206. The average molecular weight is 184 g/mol. The maximum absolute atomic E-state index is 11.4. The van der Waals surface area contributed by atoms with Crippen molar-refractivity contribution in [3.8, 4) is 0 Å². The van der Waals surface area contributed by atoms with E-state index >= 15 is 0 Å². The normalized spacial score (nSPS) is 21.8. The van der Waals surface area contributed by atoms with Crippen LogP contribution in [0, 0.1) is 5.41 Å². The molecule has 1 saturated heterocycles. The van der Waals surface area contributed by atoms with Crippen molar-refractivity contribution in [1.29, 1.82) is 0 Å². The van der Waals surface area contributed by atoms with Gasteiger partial charge in [-0.3, -0.25) is 9.69 Å². The first-order valence-electron chi connectivity index (χ1n) is 4.83. The van der Waals surface area contributed by atoms with Gasteiger partial charge in [-0.1, -0.05) is 13.8 Å². The van der Waals surface area contributed by atoms with Crippen molar-refractivity contribution in [3.05, 3.63) is 0 Å². The molecule has 1 amide bonds. The predicted molar refractivity (Wildman–Crippen MR) is 53.5 cm³/mol. The average Bonchev–Trinajstić information content (AvgIpc) is 2.30.